The number of carbonyl (C=O) groups excluding carboxylic acids is 3. The lowest BCUT2D eigenvalue weighted by Crippen LogP contribution is -2.42. The number of hydrogen-bond acceptors (Lipinski definition) is 6. The molecule has 154 valence electrons. The summed E-state index contributed by atoms with van der Waals surface area (Å²) >= 11 is 0. The Bertz CT molecular complexity index is 839. The third-order valence-electron chi connectivity index (χ3n) is 4.34. The lowest BCUT2D eigenvalue weighted by molar-refractivity contribution is -0.123. The number of imide groups is 1. The minimum Gasteiger partial charge on any atom is -0.452 e. The van der Waals surface area contributed by atoms with Gasteiger partial charge in [0, 0.05) is 19.1 Å². The van der Waals surface area contributed by atoms with Gasteiger partial charge in [-0.3, -0.25) is 10.1 Å². The van der Waals surface area contributed by atoms with Crippen LogP contribution >= 0.6 is 0 Å². The molecule has 1 aliphatic rings. The summed E-state index contributed by atoms with van der Waals surface area (Å²) in [4.78, 5) is 35.0. The van der Waals surface area contributed by atoms with Crippen molar-refractivity contribution >= 4 is 27.9 Å². The van der Waals surface area contributed by atoms with Crippen molar-refractivity contribution in [3.8, 4) is 0 Å². The molecular formula is C18H25N3O6S. The fourth-order valence-electron chi connectivity index (χ4n) is 2.93. The summed E-state index contributed by atoms with van der Waals surface area (Å²) in [5.74, 6) is -1.64. The number of sulfonamides is 1. The van der Waals surface area contributed by atoms with Gasteiger partial charge in [0.25, 0.3) is 5.91 Å². The van der Waals surface area contributed by atoms with E-state index in [1.54, 1.807) is 6.92 Å². The highest BCUT2D eigenvalue weighted by molar-refractivity contribution is 7.89. The van der Waals surface area contributed by atoms with Crippen LogP contribution < -0.4 is 10.6 Å². The predicted octanol–water partition coefficient (Wildman–Crippen LogP) is 1.25. The largest absolute Gasteiger partial charge is 0.452 e. The Morgan fingerprint density at radius 1 is 1.25 bits per heavy atom. The van der Waals surface area contributed by atoms with Crippen LogP contribution in [0.15, 0.2) is 29.2 Å². The van der Waals surface area contributed by atoms with Crippen LogP contribution in [-0.4, -0.2) is 56.4 Å². The maximum Gasteiger partial charge on any atom is 0.338 e. The molecule has 0 aliphatic carbocycles. The molecule has 2 rings (SSSR count). The monoisotopic (exact) mass is 411 g/mol. The standard InChI is InChI=1S/C18H25N3O6S/c1-3-19-18(24)20-16(22)12-27-17(23)14-8-6-9-15(11-14)28(25,26)21-10-5-4-7-13(21)2/h6,8-9,11,13H,3-5,7,10,12H2,1-2H3,(H2,19,20,22,24)/t13-/m0/s1. The van der Waals surface area contributed by atoms with Gasteiger partial charge in [0.15, 0.2) is 6.61 Å². The zero-order valence-corrected chi connectivity index (χ0v) is 16.8. The number of benzene rings is 1. The Morgan fingerprint density at radius 2 is 2.00 bits per heavy atom. The van der Waals surface area contributed by atoms with Gasteiger partial charge in [-0.1, -0.05) is 12.5 Å². The molecule has 0 radical (unpaired) electrons. The highest BCUT2D eigenvalue weighted by atomic mass is 32.2. The zero-order chi connectivity index (χ0) is 20.7. The third kappa shape index (κ3) is 5.52. The number of ether oxygens (including phenoxy) is 1. The predicted molar refractivity (Wildman–Crippen MR) is 101 cm³/mol. The minimum absolute atomic E-state index is 0.00229. The van der Waals surface area contributed by atoms with Crippen molar-refractivity contribution in [1.29, 1.82) is 0 Å². The number of piperidine rings is 1. The van der Waals surface area contributed by atoms with Gasteiger partial charge in [-0.05, 0) is 44.9 Å². The summed E-state index contributed by atoms with van der Waals surface area (Å²) in [6.45, 7) is 3.68. The topological polar surface area (TPSA) is 122 Å². The van der Waals surface area contributed by atoms with Crippen LogP contribution in [0.3, 0.4) is 0 Å². The summed E-state index contributed by atoms with van der Waals surface area (Å²) in [6.07, 6.45) is 2.58. The smallest absolute Gasteiger partial charge is 0.338 e. The zero-order valence-electron chi connectivity index (χ0n) is 15.9. The van der Waals surface area contributed by atoms with E-state index in [2.05, 4.69) is 5.32 Å². The SMILES string of the molecule is CCNC(=O)NC(=O)COC(=O)c1cccc(S(=O)(=O)N2CCCC[C@@H]2C)c1. The Kier molecular flexibility index (Phi) is 7.53. The number of esters is 1. The maximum atomic E-state index is 12.9. The number of amides is 3. The van der Waals surface area contributed by atoms with Crippen LogP contribution in [0.5, 0.6) is 0 Å². The number of nitrogens with zero attached hydrogens (tertiary/aromatic N) is 1. The first-order chi connectivity index (χ1) is 13.3. The molecule has 1 atom stereocenters. The molecular weight excluding hydrogens is 386 g/mol. The van der Waals surface area contributed by atoms with Crippen LogP contribution in [0.1, 0.15) is 43.5 Å². The molecule has 28 heavy (non-hydrogen) atoms. The van der Waals surface area contributed by atoms with Crippen molar-refractivity contribution < 1.29 is 27.5 Å². The number of nitrogens with one attached hydrogen (secondary N) is 2. The second-order valence-corrected chi connectivity index (χ2v) is 8.36. The van der Waals surface area contributed by atoms with Crippen molar-refractivity contribution in [2.45, 2.75) is 44.0 Å². The van der Waals surface area contributed by atoms with E-state index in [4.69, 9.17) is 4.74 Å². The van der Waals surface area contributed by atoms with Crippen molar-refractivity contribution in [3.05, 3.63) is 29.8 Å². The van der Waals surface area contributed by atoms with Crippen molar-refractivity contribution in [2.75, 3.05) is 19.7 Å². The van der Waals surface area contributed by atoms with E-state index in [9.17, 15) is 22.8 Å². The second-order valence-electron chi connectivity index (χ2n) is 6.47. The summed E-state index contributed by atoms with van der Waals surface area (Å²) in [6, 6.07) is 4.73. The number of carbonyl (C=O) groups is 3. The van der Waals surface area contributed by atoms with E-state index >= 15 is 0 Å². The molecule has 0 aromatic heterocycles. The molecule has 1 aromatic rings. The van der Waals surface area contributed by atoms with Gasteiger partial charge in [0.05, 0.1) is 10.5 Å². The third-order valence-corrected chi connectivity index (χ3v) is 6.35. The molecule has 3 amide bonds. The maximum absolute atomic E-state index is 12.9. The molecule has 1 saturated heterocycles. The molecule has 1 heterocycles. The molecule has 1 fully saturated rings. The summed E-state index contributed by atoms with van der Waals surface area (Å²) in [5, 5.41) is 4.37. The van der Waals surface area contributed by atoms with Crippen LogP contribution in [0.2, 0.25) is 0 Å². The van der Waals surface area contributed by atoms with Crippen molar-refractivity contribution in [1.82, 2.24) is 14.9 Å². The fourth-order valence-corrected chi connectivity index (χ4v) is 4.68. The first kappa shape index (κ1) is 21.8. The van der Waals surface area contributed by atoms with Gasteiger partial charge in [0.2, 0.25) is 10.0 Å². The van der Waals surface area contributed by atoms with Crippen LogP contribution in [0.4, 0.5) is 4.79 Å². The van der Waals surface area contributed by atoms with Gasteiger partial charge in [-0.2, -0.15) is 4.31 Å². The van der Waals surface area contributed by atoms with E-state index < -0.39 is 34.5 Å². The van der Waals surface area contributed by atoms with Gasteiger partial charge in [-0.15, -0.1) is 0 Å². The quantitative estimate of drug-likeness (QED) is 0.680. The average Bonchev–Trinajstić information content (AvgIpc) is 2.66. The first-order valence-corrected chi connectivity index (χ1v) is 10.6. The number of rotatable bonds is 6. The highest BCUT2D eigenvalue weighted by Crippen LogP contribution is 2.25. The number of urea groups is 1. The van der Waals surface area contributed by atoms with Crippen molar-refractivity contribution in [3.63, 3.8) is 0 Å². The molecule has 0 bridgehead atoms. The first-order valence-electron chi connectivity index (χ1n) is 9.12. The molecule has 0 saturated carbocycles. The summed E-state index contributed by atoms with van der Waals surface area (Å²) < 4.78 is 32.1. The lowest BCUT2D eigenvalue weighted by atomic mass is 10.1. The molecule has 2 N–H and O–H groups in total. The Balaban J connectivity index is 2.04. The normalized spacial score (nSPS) is 17.6. The molecule has 1 aromatic carbocycles. The lowest BCUT2D eigenvalue weighted by Gasteiger charge is -2.32. The molecule has 0 unspecified atom stereocenters. The molecule has 0 spiro atoms. The van der Waals surface area contributed by atoms with Crippen LogP contribution in [-0.2, 0) is 19.6 Å². The summed E-state index contributed by atoms with van der Waals surface area (Å²) in [7, 11) is -3.73. The molecule has 10 heteroatoms. The number of hydrogen-bond donors (Lipinski definition) is 2. The Labute approximate surface area is 164 Å². The summed E-state index contributed by atoms with van der Waals surface area (Å²) in [5.41, 5.74) is 0.0107. The van der Waals surface area contributed by atoms with Gasteiger partial charge in [-0.25, -0.2) is 18.0 Å². The van der Waals surface area contributed by atoms with E-state index in [1.807, 2.05) is 12.2 Å². The van der Waals surface area contributed by atoms with E-state index in [-0.39, 0.29) is 16.5 Å². The Hall–Kier alpha value is -2.46. The average molecular weight is 411 g/mol. The van der Waals surface area contributed by atoms with Crippen molar-refractivity contribution in [2.24, 2.45) is 0 Å². The highest BCUT2D eigenvalue weighted by Gasteiger charge is 2.31. The van der Waals surface area contributed by atoms with Crippen LogP contribution in [0, 0.1) is 0 Å². The molecule has 9 nitrogen and oxygen atoms in total. The van der Waals surface area contributed by atoms with E-state index in [1.165, 1.54) is 28.6 Å². The minimum atomic E-state index is -3.73. The van der Waals surface area contributed by atoms with Gasteiger partial charge >= 0.3 is 12.0 Å². The van der Waals surface area contributed by atoms with Gasteiger partial charge in [0.1, 0.15) is 0 Å². The second kappa shape index (κ2) is 9.65. The van der Waals surface area contributed by atoms with Crippen LogP contribution in [0.25, 0.3) is 0 Å². The fraction of sp³-hybridized carbons (Fsp3) is 0.500. The molecule has 1 aliphatic heterocycles. The van der Waals surface area contributed by atoms with Gasteiger partial charge < -0.3 is 10.1 Å². The van der Waals surface area contributed by atoms with E-state index in [0.717, 1.165) is 19.3 Å². The Morgan fingerprint density at radius 3 is 2.68 bits per heavy atom. The van der Waals surface area contributed by atoms with E-state index in [0.29, 0.717) is 13.1 Å².